The van der Waals surface area contributed by atoms with Crippen LogP contribution in [-0.4, -0.2) is 47.1 Å². The Morgan fingerprint density at radius 1 is 1.07 bits per heavy atom. The highest BCUT2D eigenvalue weighted by atomic mass is 32.2. The van der Waals surface area contributed by atoms with E-state index in [2.05, 4.69) is 6.07 Å². The van der Waals surface area contributed by atoms with Gasteiger partial charge < -0.3 is 14.2 Å². The molecule has 0 radical (unpaired) electrons. The SMILES string of the molecule is COC1(c2cccc(OCc3ccc(S(=O)(=O)N(C)C)cc3)c2)CCOCC1. The molecular formula is C21H27NO5S. The lowest BCUT2D eigenvalue weighted by Crippen LogP contribution is -2.35. The van der Waals surface area contributed by atoms with E-state index in [0.29, 0.717) is 19.8 Å². The Morgan fingerprint density at radius 2 is 1.75 bits per heavy atom. The predicted octanol–water partition coefficient (Wildman–Crippen LogP) is 3.17. The first-order valence-electron chi connectivity index (χ1n) is 9.25. The third-order valence-corrected chi connectivity index (χ3v) is 6.99. The van der Waals surface area contributed by atoms with E-state index >= 15 is 0 Å². The van der Waals surface area contributed by atoms with Crippen LogP contribution in [0, 0.1) is 0 Å². The molecule has 2 aromatic rings. The molecule has 7 heteroatoms. The van der Waals surface area contributed by atoms with E-state index in [4.69, 9.17) is 14.2 Å². The van der Waals surface area contributed by atoms with E-state index in [1.165, 1.54) is 18.4 Å². The van der Waals surface area contributed by atoms with Gasteiger partial charge in [0.05, 0.1) is 10.5 Å². The molecule has 152 valence electrons. The standard InChI is InChI=1S/C21H27NO5S/c1-22(2)28(23,24)20-9-7-17(8-10-20)16-27-19-6-4-5-18(15-19)21(25-3)11-13-26-14-12-21/h4-10,15H,11-14,16H2,1-3H3. The molecule has 1 saturated heterocycles. The van der Waals surface area contributed by atoms with Gasteiger partial charge in [-0.2, -0.15) is 0 Å². The third kappa shape index (κ3) is 4.38. The molecule has 0 unspecified atom stereocenters. The van der Waals surface area contributed by atoms with Gasteiger partial charge in [-0.25, -0.2) is 12.7 Å². The molecule has 6 nitrogen and oxygen atoms in total. The number of rotatable bonds is 7. The first kappa shape index (κ1) is 20.8. The molecule has 0 aromatic heterocycles. The Kier molecular flexibility index (Phi) is 6.40. The van der Waals surface area contributed by atoms with Gasteiger partial charge in [0.25, 0.3) is 0 Å². The first-order valence-corrected chi connectivity index (χ1v) is 10.7. The molecule has 0 bridgehead atoms. The van der Waals surface area contributed by atoms with Gasteiger partial charge in [0.2, 0.25) is 10.0 Å². The van der Waals surface area contributed by atoms with Gasteiger partial charge >= 0.3 is 0 Å². The predicted molar refractivity (Wildman–Crippen MR) is 107 cm³/mol. The van der Waals surface area contributed by atoms with Gasteiger partial charge in [-0.15, -0.1) is 0 Å². The van der Waals surface area contributed by atoms with Crippen LogP contribution in [0.5, 0.6) is 5.75 Å². The molecule has 2 aromatic carbocycles. The number of benzene rings is 2. The van der Waals surface area contributed by atoms with E-state index in [1.807, 2.05) is 18.2 Å². The van der Waals surface area contributed by atoms with Crippen molar-refractivity contribution < 1.29 is 22.6 Å². The average Bonchev–Trinajstić information content (AvgIpc) is 2.73. The van der Waals surface area contributed by atoms with Crippen molar-refractivity contribution >= 4 is 10.0 Å². The molecule has 1 aliphatic rings. The van der Waals surface area contributed by atoms with Crippen molar-refractivity contribution in [2.24, 2.45) is 0 Å². The van der Waals surface area contributed by atoms with E-state index in [9.17, 15) is 8.42 Å². The highest BCUT2D eigenvalue weighted by Crippen LogP contribution is 2.36. The summed E-state index contributed by atoms with van der Waals surface area (Å²) >= 11 is 0. The Hall–Kier alpha value is -1.93. The summed E-state index contributed by atoms with van der Waals surface area (Å²) < 4.78 is 42.8. The van der Waals surface area contributed by atoms with Crippen molar-refractivity contribution in [3.05, 3.63) is 59.7 Å². The molecule has 0 saturated carbocycles. The molecule has 0 spiro atoms. The summed E-state index contributed by atoms with van der Waals surface area (Å²) in [5.74, 6) is 0.755. The number of ether oxygens (including phenoxy) is 3. The summed E-state index contributed by atoms with van der Waals surface area (Å²) in [5, 5.41) is 0. The Bertz CT molecular complexity index is 887. The molecule has 1 heterocycles. The smallest absolute Gasteiger partial charge is 0.242 e. The molecule has 3 rings (SSSR count). The van der Waals surface area contributed by atoms with E-state index in [-0.39, 0.29) is 10.5 Å². The molecule has 28 heavy (non-hydrogen) atoms. The summed E-state index contributed by atoms with van der Waals surface area (Å²) in [6.07, 6.45) is 1.63. The van der Waals surface area contributed by atoms with Crippen LogP contribution in [0.15, 0.2) is 53.4 Å². The van der Waals surface area contributed by atoms with Crippen molar-refractivity contribution in [2.75, 3.05) is 34.4 Å². The molecular weight excluding hydrogens is 378 g/mol. The number of methoxy groups -OCH3 is 1. The van der Waals surface area contributed by atoms with Crippen molar-refractivity contribution in [2.45, 2.75) is 29.9 Å². The zero-order valence-electron chi connectivity index (χ0n) is 16.6. The van der Waals surface area contributed by atoms with Crippen molar-refractivity contribution in [1.29, 1.82) is 0 Å². The van der Waals surface area contributed by atoms with Crippen LogP contribution in [-0.2, 0) is 31.7 Å². The summed E-state index contributed by atoms with van der Waals surface area (Å²) in [7, 11) is 1.35. The van der Waals surface area contributed by atoms with Gasteiger partial charge in [-0.05, 0) is 35.4 Å². The van der Waals surface area contributed by atoms with Crippen LogP contribution >= 0.6 is 0 Å². The maximum atomic E-state index is 12.1. The maximum absolute atomic E-state index is 12.1. The fourth-order valence-electron chi connectivity index (χ4n) is 3.32. The minimum atomic E-state index is -3.42. The second-order valence-corrected chi connectivity index (χ2v) is 9.21. The fraction of sp³-hybridized carbons (Fsp3) is 0.429. The molecule has 0 atom stereocenters. The van der Waals surface area contributed by atoms with E-state index in [1.54, 1.807) is 31.4 Å². The Balaban J connectivity index is 1.70. The molecule has 0 N–H and O–H groups in total. The first-order chi connectivity index (χ1) is 13.4. The zero-order chi connectivity index (χ0) is 20.2. The average molecular weight is 406 g/mol. The summed E-state index contributed by atoms with van der Waals surface area (Å²) in [5.41, 5.74) is 1.65. The van der Waals surface area contributed by atoms with Gasteiger partial charge in [0, 0.05) is 47.3 Å². The van der Waals surface area contributed by atoms with Gasteiger partial charge in [0.15, 0.2) is 0 Å². The van der Waals surface area contributed by atoms with Crippen LogP contribution in [0.4, 0.5) is 0 Å². The van der Waals surface area contributed by atoms with E-state index in [0.717, 1.165) is 29.7 Å². The summed E-state index contributed by atoms with van der Waals surface area (Å²) in [4.78, 5) is 0.268. The van der Waals surface area contributed by atoms with Crippen LogP contribution in [0.1, 0.15) is 24.0 Å². The van der Waals surface area contributed by atoms with Crippen molar-refractivity contribution in [3.8, 4) is 5.75 Å². The largest absolute Gasteiger partial charge is 0.489 e. The molecule has 1 aliphatic heterocycles. The third-order valence-electron chi connectivity index (χ3n) is 5.16. The molecule has 0 aliphatic carbocycles. The number of hydrogen-bond acceptors (Lipinski definition) is 5. The molecule has 1 fully saturated rings. The summed E-state index contributed by atoms with van der Waals surface area (Å²) in [6, 6.07) is 14.7. The number of hydrogen-bond donors (Lipinski definition) is 0. The Labute approximate surface area is 167 Å². The summed E-state index contributed by atoms with van der Waals surface area (Å²) in [6.45, 7) is 1.72. The normalized spacial score (nSPS) is 16.9. The van der Waals surface area contributed by atoms with Crippen LogP contribution < -0.4 is 4.74 Å². The van der Waals surface area contributed by atoms with Gasteiger partial charge in [-0.3, -0.25) is 0 Å². The van der Waals surface area contributed by atoms with Gasteiger partial charge in [-0.1, -0.05) is 24.3 Å². The Morgan fingerprint density at radius 3 is 2.36 bits per heavy atom. The second-order valence-electron chi connectivity index (χ2n) is 7.06. The van der Waals surface area contributed by atoms with Crippen LogP contribution in [0.3, 0.4) is 0 Å². The minimum Gasteiger partial charge on any atom is -0.489 e. The second kappa shape index (κ2) is 8.61. The lowest BCUT2D eigenvalue weighted by molar-refractivity contribution is -0.0948. The highest BCUT2D eigenvalue weighted by molar-refractivity contribution is 7.89. The highest BCUT2D eigenvalue weighted by Gasteiger charge is 2.34. The quantitative estimate of drug-likeness (QED) is 0.708. The van der Waals surface area contributed by atoms with Crippen LogP contribution in [0.2, 0.25) is 0 Å². The topological polar surface area (TPSA) is 65.1 Å². The monoisotopic (exact) mass is 405 g/mol. The molecule has 0 amide bonds. The van der Waals surface area contributed by atoms with E-state index < -0.39 is 10.0 Å². The zero-order valence-corrected chi connectivity index (χ0v) is 17.4. The number of nitrogens with zero attached hydrogens (tertiary/aromatic N) is 1. The minimum absolute atomic E-state index is 0.268. The fourth-order valence-corrected chi connectivity index (χ4v) is 4.22. The van der Waals surface area contributed by atoms with Crippen LogP contribution in [0.25, 0.3) is 0 Å². The van der Waals surface area contributed by atoms with Crippen molar-refractivity contribution in [3.63, 3.8) is 0 Å². The number of sulfonamides is 1. The van der Waals surface area contributed by atoms with Gasteiger partial charge in [0.1, 0.15) is 12.4 Å². The van der Waals surface area contributed by atoms with Crippen molar-refractivity contribution in [1.82, 2.24) is 4.31 Å². The maximum Gasteiger partial charge on any atom is 0.242 e. The lowest BCUT2D eigenvalue weighted by atomic mass is 9.86. The lowest BCUT2D eigenvalue weighted by Gasteiger charge is -2.36.